The number of nitrogens with zero attached hydrogens (tertiary/aromatic N) is 1. The second-order valence-corrected chi connectivity index (χ2v) is 10.1. The Morgan fingerprint density at radius 3 is 2.93 bits per heavy atom. The van der Waals surface area contributed by atoms with Gasteiger partial charge in [-0.1, -0.05) is 19.6 Å². The van der Waals surface area contributed by atoms with Gasteiger partial charge in [0.1, 0.15) is 17.7 Å². The molecule has 156 valence electrons. The van der Waals surface area contributed by atoms with Crippen molar-refractivity contribution in [3.63, 3.8) is 0 Å². The SMILES string of the molecule is C=C1CC[C@@]2(OCCC)[C@H]3Cc4ccc(O)c5c4C2(CC[N+]3([O-])CC2CC2)C1O5. The van der Waals surface area contributed by atoms with Gasteiger partial charge in [0, 0.05) is 30.9 Å². The number of ether oxygens (including phenoxy) is 2. The van der Waals surface area contributed by atoms with E-state index in [9.17, 15) is 10.3 Å². The molecule has 2 aliphatic heterocycles. The molecule has 0 aromatic heterocycles. The van der Waals surface area contributed by atoms with Crippen LogP contribution in [0.25, 0.3) is 0 Å². The molecule has 1 aromatic rings. The summed E-state index contributed by atoms with van der Waals surface area (Å²) in [5.74, 6) is 1.40. The van der Waals surface area contributed by atoms with Crippen molar-refractivity contribution in [1.82, 2.24) is 0 Å². The summed E-state index contributed by atoms with van der Waals surface area (Å²) in [5.41, 5.74) is 2.45. The van der Waals surface area contributed by atoms with Crippen LogP contribution in [0.5, 0.6) is 11.5 Å². The number of benzene rings is 1. The molecule has 1 spiro atoms. The van der Waals surface area contributed by atoms with Gasteiger partial charge in [-0.3, -0.25) is 0 Å². The highest BCUT2D eigenvalue weighted by Gasteiger charge is 2.76. The Balaban J connectivity index is 1.60. The molecule has 3 unspecified atom stereocenters. The Morgan fingerprint density at radius 2 is 2.17 bits per heavy atom. The molecule has 3 fully saturated rings. The number of phenols is 1. The third-order valence-corrected chi connectivity index (χ3v) is 8.53. The van der Waals surface area contributed by atoms with Gasteiger partial charge >= 0.3 is 0 Å². The predicted molar refractivity (Wildman–Crippen MR) is 110 cm³/mol. The molecule has 5 aliphatic rings. The molecule has 29 heavy (non-hydrogen) atoms. The summed E-state index contributed by atoms with van der Waals surface area (Å²) in [5, 5.41) is 25.0. The first-order chi connectivity index (χ1) is 14.0. The Labute approximate surface area is 172 Å². The number of rotatable bonds is 5. The van der Waals surface area contributed by atoms with Gasteiger partial charge in [0.25, 0.3) is 0 Å². The lowest BCUT2D eigenvalue weighted by molar-refractivity contribution is -0.924. The minimum Gasteiger partial charge on any atom is -0.632 e. The standard InChI is InChI=1S/C24H31NO4/c1-3-12-28-24-9-8-15(2)22-23(24)10-11-25(27,14-16-4-5-16)19(24)13-17-6-7-18(26)21(29-22)20(17)23/h6-7,16,19,22,26H,2-5,8-14H2,1H3/t19-,22?,23?,24-,25?/m1/s1. The number of aromatic hydroxyl groups is 1. The molecule has 1 N–H and O–H groups in total. The van der Waals surface area contributed by atoms with E-state index in [1.54, 1.807) is 6.07 Å². The molecule has 0 radical (unpaired) electrons. The average Bonchev–Trinajstić information content (AvgIpc) is 3.43. The van der Waals surface area contributed by atoms with Crippen molar-refractivity contribution in [2.45, 2.75) is 75.0 Å². The Hall–Kier alpha value is -1.56. The monoisotopic (exact) mass is 397 g/mol. The van der Waals surface area contributed by atoms with Crippen LogP contribution in [0.1, 0.15) is 56.6 Å². The van der Waals surface area contributed by atoms with E-state index in [1.807, 2.05) is 6.07 Å². The topological polar surface area (TPSA) is 61.8 Å². The van der Waals surface area contributed by atoms with E-state index in [0.717, 1.165) is 43.4 Å². The Morgan fingerprint density at radius 1 is 1.34 bits per heavy atom. The summed E-state index contributed by atoms with van der Waals surface area (Å²) in [4.78, 5) is 0. The Kier molecular flexibility index (Phi) is 3.63. The van der Waals surface area contributed by atoms with Crippen LogP contribution in [-0.2, 0) is 16.6 Å². The lowest BCUT2D eigenvalue weighted by Crippen LogP contribution is -2.80. The number of phenolic OH excluding ortho intramolecular Hbond substituents is 1. The average molecular weight is 398 g/mol. The maximum absolute atomic E-state index is 14.4. The van der Waals surface area contributed by atoms with Crippen molar-refractivity contribution in [2.24, 2.45) is 5.92 Å². The van der Waals surface area contributed by atoms with Crippen LogP contribution in [0.4, 0.5) is 0 Å². The Bertz CT molecular complexity index is 895. The third kappa shape index (κ3) is 2.11. The maximum atomic E-state index is 14.4. The normalized spacial score (nSPS) is 41.8. The highest BCUT2D eigenvalue weighted by Crippen LogP contribution is 2.68. The van der Waals surface area contributed by atoms with Gasteiger partial charge in [-0.15, -0.1) is 0 Å². The molecular formula is C24H31NO4. The van der Waals surface area contributed by atoms with Crippen LogP contribution in [-0.4, -0.2) is 47.2 Å². The fourth-order valence-corrected chi connectivity index (χ4v) is 7.22. The molecule has 5 atom stereocenters. The van der Waals surface area contributed by atoms with Crippen molar-refractivity contribution in [1.29, 1.82) is 0 Å². The van der Waals surface area contributed by atoms with Gasteiger partial charge in [-0.05, 0) is 49.3 Å². The lowest BCUT2D eigenvalue weighted by Gasteiger charge is -2.69. The molecular weight excluding hydrogens is 366 g/mol. The first-order valence-corrected chi connectivity index (χ1v) is 11.4. The van der Waals surface area contributed by atoms with Gasteiger partial charge in [-0.2, -0.15) is 0 Å². The van der Waals surface area contributed by atoms with Gasteiger partial charge in [0.15, 0.2) is 11.5 Å². The minimum atomic E-state index is -0.532. The predicted octanol–water partition coefficient (Wildman–Crippen LogP) is 3.96. The van der Waals surface area contributed by atoms with Gasteiger partial charge in [-0.25, -0.2) is 0 Å². The summed E-state index contributed by atoms with van der Waals surface area (Å²) in [6.07, 6.45) is 6.23. The number of hydrogen-bond acceptors (Lipinski definition) is 4. The van der Waals surface area contributed by atoms with Gasteiger partial charge < -0.3 is 24.4 Å². The second kappa shape index (κ2) is 5.77. The molecule has 1 aromatic carbocycles. The van der Waals surface area contributed by atoms with E-state index in [2.05, 4.69) is 13.5 Å². The van der Waals surface area contributed by atoms with Crippen LogP contribution < -0.4 is 4.74 Å². The number of hydrogen-bond donors (Lipinski definition) is 1. The van der Waals surface area contributed by atoms with E-state index in [0.29, 0.717) is 31.2 Å². The minimum absolute atomic E-state index is 0.106. The molecule has 2 saturated carbocycles. The van der Waals surface area contributed by atoms with E-state index in [1.165, 1.54) is 18.4 Å². The molecule has 6 rings (SSSR count). The molecule has 2 heterocycles. The zero-order chi connectivity index (χ0) is 20.0. The number of quaternary nitrogens is 1. The van der Waals surface area contributed by atoms with Crippen LogP contribution in [0.2, 0.25) is 0 Å². The van der Waals surface area contributed by atoms with E-state index in [-0.39, 0.29) is 28.0 Å². The highest BCUT2D eigenvalue weighted by molar-refractivity contribution is 5.63. The zero-order valence-corrected chi connectivity index (χ0v) is 17.3. The fraction of sp³-hybridized carbons (Fsp3) is 0.667. The van der Waals surface area contributed by atoms with E-state index >= 15 is 0 Å². The molecule has 1 saturated heterocycles. The fourth-order valence-electron chi connectivity index (χ4n) is 7.22. The van der Waals surface area contributed by atoms with Crippen LogP contribution in [0.3, 0.4) is 0 Å². The summed E-state index contributed by atoms with van der Waals surface area (Å²) >= 11 is 0. The summed E-state index contributed by atoms with van der Waals surface area (Å²) in [6, 6.07) is 3.65. The highest BCUT2D eigenvalue weighted by atomic mass is 16.6. The second-order valence-electron chi connectivity index (χ2n) is 10.1. The third-order valence-electron chi connectivity index (χ3n) is 8.53. The molecule has 3 aliphatic carbocycles. The molecule has 0 amide bonds. The molecule has 5 nitrogen and oxygen atoms in total. The van der Waals surface area contributed by atoms with Crippen molar-refractivity contribution >= 4 is 0 Å². The maximum Gasteiger partial charge on any atom is 0.166 e. The van der Waals surface area contributed by atoms with Crippen molar-refractivity contribution in [3.8, 4) is 11.5 Å². The number of hydroxylamine groups is 3. The van der Waals surface area contributed by atoms with E-state index in [4.69, 9.17) is 9.47 Å². The summed E-state index contributed by atoms with van der Waals surface area (Å²) in [6.45, 7) is 8.49. The summed E-state index contributed by atoms with van der Waals surface area (Å²) in [7, 11) is 0. The van der Waals surface area contributed by atoms with E-state index < -0.39 is 5.60 Å². The van der Waals surface area contributed by atoms with Crippen molar-refractivity contribution in [3.05, 3.63) is 40.6 Å². The largest absolute Gasteiger partial charge is 0.632 e. The smallest absolute Gasteiger partial charge is 0.166 e. The van der Waals surface area contributed by atoms with Crippen molar-refractivity contribution < 1.29 is 19.2 Å². The first kappa shape index (κ1) is 18.2. The van der Waals surface area contributed by atoms with Crippen molar-refractivity contribution in [2.75, 3.05) is 19.7 Å². The summed E-state index contributed by atoms with van der Waals surface area (Å²) < 4.78 is 13.1. The zero-order valence-electron chi connectivity index (χ0n) is 17.3. The quantitative estimate of drug-likeness (QED) is 0.464. The molecule has 5 heteroatoms. The van der Waals surface area contributed by atoms with Gasteiger partial charge in [0.2, 0.25) is 0 Å². The van der Waals surface area contributed by atoms with Crippen LogP contribution in [0, 0.1) is 11.1 Å². The lowest BCUT2D eigenvalue weighted by atomic mass is 9.48. The van der Waals surface area contributed by atoms with Gasteiger partial charge in [0.05, 0.1) is 18.5 Å². The van der Waals surface area contributed by atoms with Crippen LogP contribution in [0.15, 0.2) is 24.3 Å². The first-order valence-electron chi connectivity index (χ1n) is 11.4. The molecule has 2 bridgehead atoms. The number of likely N-dealkylation sites (tertiary alicyclic amines) is 1. The number of piperidine rings is 1. The van der Waals surface area contributed by atoms with Crippen LogP contribution >= 0.6 is 0 Å².